The molecule has 10 nitrogen and oxygen atoms in total. The Bertz CT molecular complexity index is 1720. The lowest BCUT2D eigenvalue weighted by atomic mass is 9.86. The van der Waals surface area contributed by atoms with Gasteiger partial charge in [-0.15, -0.1) is 11.3 Å². The molecular weight excluding hydrogens is 604 g/mol. The molecule has 1 atom stereocenters. The fourth-order valence-electron chi connectivity index (χ4n) is 5.44. The van der Waals surface area contributed by atoms with Crippen molar-refractivity contribution in [2.75, 3.05) is 31.6 Å². The second-order valence-corrected chi connectivity index (χ2v) is 12.3. The number of fused-ring (bicyclic) bond motifs is 1. The van der Waals surface area contributed by atoms with E-state index in [1.165, 1.54) is 15.8 Å². The molecule has 2 aromatic heterocycles. The van der Waals surface area contributed by atoms with E-state index in [9.17, 15) is 20.1 Å². The van der Waals surface area contributed by atoms with Gasteiger partial charge in [0.1, 0.15) is 17.2 Å². The van der Waals surface area contributed by atoms with Crippen molar-refractivity contribution in [3.8, 4) is 11.5 Å². The summed E-state index contributed by atoms with van der Waals surface area (Å²) in [6, 6.07) is 26.1. The number of phenols is 1. The van der Waals surface area contributed by atoms with Crippen LogP contribution in [0.4, 0.5) is 5.69 Å². The molecule has 0 radical (unpaired) electrons. The molecule has 6 N–H and O–H groups in total. The molecule has 238 valence electrons. The minimum atomic E-state index is -1.49. The van der Waals surface area contributed by atoms with Crippen molar-refractivity contribution in [2.45, 2.75) is 31.1 Å². The first-order valence-electron chi connectivity index (χ1n) is 15.2. The zero-order chi connectivity index (χ0) is 31.9. The van der Waals surface area contributed by atoms with Crippen LogP contribution in [0.2, 0.25) is 0 Å². The maximum Gasteiger partial charge on any atom is 0.262 e. The third-order valence-corrected chi connectivity index (χ3v) is 8.98. The van der Waals surface area contributed by atoms with E-state index in [0.717, 1.165) is 13.0 Å². The summed E-state index contributed by atoms with van der Waals surface area (Å²) >= 11 is 1.74. The summed E-state index contributed by atoms with van der Waals surface area (Å²) in [5.74, 6) is 0.787. The molecule has 1 aliphatic rings. The first kappa shape index (κ1) is 31.5. The van der Waals surface area contributed by atoms with Gasteiger partial charge >= 0.3 is 0 Å². The molecule has 0 saturated carbocycles. The minimum absolute atomic E-state index is 0.0996. The Morgan fingerprint density at radius 3 is 2.35 bits per heavy atom. The highest BCUT2D eigenvalue weighted by atomic mass is 32.1. The first-order chi connectivity index (χ1) is 22.4. The van der Waals surface area contributed by atoms with Crippen LogP contribution in [0.3, 0.4) is 0 Å². The van der Waals surface area contributed by atoms with E-state index in [1.807, 2.05) is 60.7 Å². The second kappa shape index (κ2) is 14.3. The maximum atomic E-state index is 11.9. The highest BCUT2D eigenvalue weighted by Gasteiger charge is 2.38. The van der Waals surface area contributed by atoms with Crippen LogP contribution in [-0.4, -0.2) is 52.5 Å². The molecule has 0 saturated heterocycles. The first-order valence-corrected chi connectivity index (χ1v) is 16.0. The van der Waals surface area contributed by atoms with Crippen LogP contribution in [0.25, 0.3) is 0 Å². The zero-order valence-corrected chi connectivity index (χ0v) is 25.9. The summed E-state index contributed by atoms with van der Waals surface area (Å²) in [4.78, 5) is 18.5. The van der Waals surface area contributed by atoms with Gasteiger partial charge in [0.15, 0.2) is 18.0 Å². The van der Waals surface area contributed by atoms with Gasteiger partial charge in [0.05, 0.1) is 12.3 Å². The second-order valence-electron chi connectivity index (χ2n) is 11.1. The number of phenolic OH excluding ortho intramolecular Hbond substituents is 1. The van der Waals surface area contributed by atoms with E-state index in [1.54, 1.807) is 23.6 Å². The number of hydrogen-bond acceptors (Lipinski definition) is 10. The quantitative estimate of drug-likeness (QED) is 0.0774. The minimum Gasteiger partial charge on any atom is -0.506 e. The smallest absolute Gasteiger partial charge is 0.262 e. The molecule has 5 aromatic rings. The number of thiophene rings is 1. The largest absolute Gasteiger partial charge is 0.506 e. The number of aromatic nitrogens is 1. The normalized spacial score (nSPS) is 13.6. The number of nitrogens with zero attached hydrogens (tertiary/aromatic N) is 1. The number of carbonyl (C=O) groups is 1. The van der Waals surface area contributed by atoms with Crippen molar-refractivity contribution in [2.24, 2.45) is 0 Å². The van der Waals surface area contributed by atoms with Gasteiger partial charge in [0.25, 0.3) is 5.91 Å². The van der Waals surface area contributed by atoms with Crippen LogP contribution in [-0.2, 0) is 29.8 Å². The number of ether oxygens (including phenoxy) is 1. The summed E-state index contributed by atoms with van der Waals surface area (Å²) in [6.45, 7) is 2.22. The lowest BCUT2D eigenvalue weighted by Gasteiger charge is -2.26. The van der Waals surface area contributed by atoms with E-state index >= 15 is 0 Å². The molecule has 3 heterocycles. The van der Waals surface area contributed by atoms with Crippen LogP contribution in [0.1, 0.15) is 44.2 Å². The lowest BCUT2D eigenvalue weighted by molar-refractivity contribution is -0.118. The molecule has 0 bridgehead atoms. The van der Waals surface area contributed by atoms with E-state index in [-0.39, 0.29) is 29.8 Å². The molecule has 0 fully saturated rings. The van der Waals surface area contributed by atoms with Gasteiger partial charge in [-0.25, -0.2) is 4.98 Å². The number of benzene rings is 3. The van der Waals surface area contributed by atoms with Gasteiger partial charge in [0, 0.05) is 47.9 Å². The van der Waals surface area contributed by atoms with E-state index in [4.69, 9.17) is 9.15 Å². The van der Waals surface area contributed by atoms with Gasteiger partial charge in [0.2, 0.25) is 5.89 Å². The zero-order valence-electron chi connectivity index (χ0n) is 25.1. The molecule has 0 spiro atoms. The topological polar surface area (TPSA) is 149 Å². The summed E-state index contributed by atoms with van der Waals surface area (Å²) < 4.78 is 11.6. The summed E-state index contributed by atoms with van der Waals surface area (Å²) in [5.41, 5.74) is 0.585. The Morgan fingerprint density at radius 1 is 0.913 bits per heavy atom. The maximum absolute atomic E-state index is 11.9. The fraction of sp³-hybridized carbons (Fsp3) is 0.257. The van der Waals surface area contributed by atoms with Gasteiger partial charge in [-0.1, -0.05) is 60.7 Å². The number of amides is 1. The molecule has 46 heavy (non-hydrogen) atoms. The van der Waals surface area contributed by atoms with Gasteiger partial charge in [-0.05, 0) is 41.8 Å². The fourth-order valence-corrected chi connectivity index (χ4v) is 6.43. The number of aromatic hydroxyl groups is 1. The van der Waals surface area contributed by atoms with E-state index in [2.05, 4.69) is 33.1 Å². The number of aliphatic hydroxyl groups excluding tert-OH is 1. The Balaban J connectivity index is 0.956. The van der Waals surface area contributed by atoms with Crippen molar-refractivity contribution >= 4 is 22.9 Å². The molecule has 11 heteroatoms. The number of hydrogen-bond donors (Lipinski definition) is 6. The number of nitrogens with one attached hydrogen (secondary N) is 3. The van der Waals surface area contributed by atoms with Crippen molar-refractivity contribution in [3.63, 3.8) is 0 Å². The van der Waals surface area contributed by atoms with Crippen LogP contribution < -0.4 is 20.7 Å². The summed E-state index contributed by atoms with van der Waals surface area (Å²) in [7, 11) is 0. The van der Waals surface area contributed by atoms with Crippen molar-refractivity contribution < 1.29 is 29.3 Å². The van der Waals surface area contributed by atoms with Crippen LogP contribution in [0.5, 0.6) is 11.5 Å². The number of carbonyl (C=O) groups excluding carboxylic acids is 1. The van der Waals surface area contributed by atoms with E-state index < -0.39 is 11.7 Å². The average Bonchev–Trinajstić information content (AvgIpc) is 3.76. The Morgan fingerprint density at radius 2 is 1.61 bits per heavy atom. The van der Waals surface area contributed by atoms with Gasteiger partial charge in [-0.3, -0.25) is 4.79 Å². The molecule has 1 unspecified atom stereocenters. The predicted molar refractivity (Wildman–Crippen MR) is 175 cm³/mol. The molecule has 1 aliphatic heterocycles. The average molecular weight is 641 g/mol. The highest BCUT2D eigenvalue weighted by Crippen LogP contribution is 2.41. The van der Waals surface area contributed by atoms with Gasteiger partial charge < -0.3 is 40.4 Å². The highest BCUT2D eigenvalue weighted by molar-refractivity contribution is 7.11. The molecule has 1 amide bonds. The summed E-state index contributed by atoms with van der Waals surface area (Å²) in [6.07, 6.45) is 2.25. The van der Waals surface area contributed by atoms with E-state index in [0.29, 0.717) is 54.3 Å². The monoisotopic (exact) mass is 640 g/mol. The van der Waals surface area contributed by atoms with Crippen molar-refractivity contribution in [1.82, 2.24) is 15.6 Å². The SMILES string of the molecule is O=C1COc2c(C(O)CNCCc3ccc(CNCCc4cnc(C(O)(c5ccccc5)c5ccccc5)o4)s3)ccc(O)c2N1. The Kier molecular flexibility index (Phi) is 9.76. The Hall–Kier alpha value is -4.52. The standard InChI is InChI=1S/C35H36N4O6S/c40-29-14-13-28(33-32(29)39-31(42)22-44-33)30(41)21-37-18-16-26-11-12-27(46-26)20-36-17-15-25-19-38-34(45-25)35(43,23-7-3-1-4-8-23)24-9-5-2-6-10-24/h1-14,19,30,36-37,40-41,43H,15-18,20-22H2,(H,39,42). The lowest BCUT2D eigenvalue weighted by Crippen LogP contribution is -2.29. The number of rotatable bonds is 14. The number of aliphatic hydroxyl groups is 2. The number of anilines is 1. The van der Waals surface area contributed by atoms with Crippen LogP contribution >= 0.6 is 11.3 Å². The predicted octanol–water partition coefficient (Wildman–Crippen LogP) is 4.25. The molecule has 6 rings (SSSR count). The van der Waals surface area contributed by atoms with Crippen LogP contribution in [0, 0.1) is 0 Å². The summed E-state index contributed by atoms with van der Waals surface area (Å²) in [5, 5.41) is 41.9. The third kappa shape index (κ3) is 6.99. The van der Waals surface area contributed by atoms with Crippen LogP contribution in [0.15, 0.2) is 95.5 Å². The van der Waals surface area contributed by atoms with Gasteiger partial charge in [-0.2, -0.15) is 0 Å². The Labute approximate surface area is 270 Å². The molecule has 0 aliphatic carbocycles. The molecular formula is C35H36N4O6S. The number of oxazole rings is 1. The van der Waals surface area contributed by atoms with Crippen molar-refractivity contribution in [1.29, 1.82) is 0 Å². The third-order valence-electron chi connectivity index (χ3n) is 7.83. The molecule has 3 aromatic carbocycles. The van der Waals surface area contributed by atoms with Crippen molar-refractivity contribution in [3.05, 3.63) is 129 Å².